The first kappa shape index (κ1) is 23.0. The molecule has 9 heteroatoms. The quantitative estimate of drug-likeness (QED) is 0.524. The molecule has 2 bridgehead atoms. The SMILES string of the molecule is C/C1=C\CNC(=O)COc2ccc(Cl)cc2C(=O)N2CCCCC2c2cc3nc(C4CC4)cc1n3n2. The lowest BCUT2D eigenvalue weighted by molar-refractivity contribution is -0.122. The molecule has 1 aliphatic carbocycles. The van der Waals surface area contributed by atoms with E-state index in [1.165, 1.54) is 0 Å². The topological polar surface area (TPSA) is 88.8 Å². The van der Waals surface area contributed by atoms with Crippen molar-refractivity contribution >= 4 is 34.6 Å². The molecule has 2 aromatic heterocycles. The summed E-state index contributed by atoms with van der Waals surface area (Å²) in [5, 5.41) is 8.28. The van der Waals surface area contributed by atoms with E-state index in [1.54, 1.807) is 18.2 Å². The number of aromatic nitrogens is 3. The maximum atomic E-state index is 13.9. The highest BCUT2D eigenvalue weighted by molar-refractivity contribution is 6.31. The Kier molecular flexibility index (Phi) is 5.91. The van der Waals surface area contributed by atoms with E-state index < -0.39 is 0 Å². The Hall–Kier alpha value is -3.39. The molecule has 8 nitrogen and oxygen atoms in total. The molecule has 1 atom stereocenters. The number of amides is 2. The van der Waals surface area contributed by atoms with Gasteiger partial charge in [0.05, 0.1) is 23.0 Å². The summed E-state index contributed by atoms with van der Waals surface area (Å²) >= 11 is 6.27. The molecule has 1 saturated heterocycles. The Bertz CT molecular complexity index is 1390. The number of hydrogen-bond donors (Lipinski definition) is 1. The van der Waals surface area contributed by atoms with Crippen molar-refractivity contribution in [3.05, 3.63) is 64.1 Å². The van der Waals surface area contributed by atoms with Gasteiger partial charge in [-0.15, -0.1) is 0 Å². The molecule has 186 valence electrons. The Labute approximate surface area is 214 Å². The normalized spacial score (nSPS) is 22.4. The van der Waals surface area contributed by atoms with E-state index in [2.05, 4.69) is 11.4 Å². The minimum absolute atomic E-state index is 0.176. The van der Waals surface area contributed by atoms with E-state index in [1.807, 2.05) is 28.5 Å². The number of rotatable bonds is 1. The van der Waals surface area contributed by atoms with Gasteiger partial charge in [0.2, 0.25) is 0 Å². The zero-order chi connectivity index (χ0) is 24.8. The first-order valence-corrected chi connectivity index (χ1v) is 12.9. The van der Waals surface area contributed by atoms with Crippen LogP contribution in [0.15, 0.2) is 36.4 Å². The van der Waals surface area contributed by atoms with E-state index in [-0.39, 0.29) is 24.5 Å². The number of carbonyl (C=O) groups is 2. The third-order valence-electron chi connectivity index (χ3n) is 7.21. The molecule has 2 fully saturated rings. The molecule has 6 rings (SSSR count). The van der Waals surface area contributed by atoms with Gasteiger partial charge in [-0.1, -0.05) is 17.7 Å². The van der Waals surface area contributed by atoms with Crippen LogP contribution in [0, 0.1) is 0 Å². The van der Waals surface area contributed by atoms with E-state index in [0.29, 0.717) is 35.3 Å². The number of nitrogens with one attached hydrogen (secondary N) is 1. The van der Waals surface area contributed by atoms with Crippen molar-refractivity contribution in [2.24, 2.45) is 0 Å². The molecule has 3 aliphatic rings. The summed E-state index contributed by atoms with van der Waals surface area (Å²) in [5.41, 5.74) is 5.01. The van der Waals surface area contributed by atoms with Crippen molar-refractivity contribution in [1.82, 2.24) is 24.8 Å². The zero-order valence-electron chi connectivity index (χ0n) is 20.2. The van der Waals surface area contributed by atoms with Crippen LogP contribution in [0.25, 0.3) is 11.2 Å². The molecule has 0 radical (unpaired) electrons. The average Bonchev–Trinajstić information content (AvgIpc) is 3.65. The second-order valence-electron chi connectivity index (χ2n) is 9.81. The fourth-order valence-electron chi connectivity index (χ4n) is 5.09. The molecule has 1 aromatic carbocycles. The molecule has 36 heavy (non-hydrogen) atoms. The number of allylic oxidation sites excluding steroid dienone is 1. The summed E-state index contributed by atoms with van der Waals surface area (Å²) in [6, 6.07) is 8.88. The van der Waals surface area contributed by atoms with Crippen LogP contribution in [-0.2, 0) is 4.79 Å². The maximum absolute atomic E-state index is 13.9. The Balaban J connectivity index is 1.50. The van der Waals surface area contributed by atoms with Crippen molar-refractivity contribution in [1.29, 1.82) is 0 Å². The smallest absolute Gasteiger partial charge is 0.258 e. The van der Waals surface area contributed by atoms with Gasteiger partial charge in [-0.3, -0.25) is 9.59 Å². The second-order valence-corrected chi connectivity index (χ2v) is 10.2. The fraction of sp³-hybridized carbons (Fsp3) is 0.407. The third kappa shape index (κ3) is 4.34. The molecule has 0 spiro atoms. The molecule has 3 aromatic rings. The highest BCUT2D eigenvalue weighted by atomic mass is 35.5. The zero-order valence-corrected chi connectivity index (χ0v) is 20.9. The van der Waals surface area contributed by atoms with Gasteiger partial charge < -0.3 is 15.0 Å². The Morgan fingerprint density at radius 2 is 1.94 bits per heavy atom. The first-order chi connectivity index (χ1) is 17.5. The lowest BCUT2D eigenvalue weighted by Crippen LogP contribution is -2.39. The molecule has 4 heterocycles. The van der Waals surface area contributed by atoms with Crippen LogP contribution in [0.4, 0.5) is 0 Å². The van der Waals surface area contributed by atoms with Crippen molar-refractivity contribution in [3.8, 4) is 5.75 Å². The van der Waals surface area contributed by atoms with Gasteiger partial charge in [-0.2, -0.15) is 5.10 Å². The summed E-state index contributed by atoms with van der Waals surface area (Å²) in [4.78, 5) is 33.1. The summed E-state index contributed by atoms with van der Waals surface area (Å²) in [5.74, 6) is 0.385. The van der Waals surface area contributed by atoms with Crippen LogP contribution >= 0.6 is 11.6 Å². The van der Waals surface area contributed by atoms with E-state index in [9.17, 15) is 9.59 Å². The summed E-state index contributed by atoms with van der Waals surface area (Å²) in [7, 11) is 0. The number of halogens is 1. The van der Waals surface area contributed by atoms with Crippen LogP contribution in [0.2, 0.25) is 5.02 Å². The minimum Gasteiger partial charge on any atom is -0.483 e. The average molecular weight is 506 g/mol. The molecule has 2 amide bonds. The molecule has 1 N–H and O–H groups in total. The van der Waals surface area contributed by atoms with Gasteiger partial charge >= 0.3 is 0 Å². The van der Waals surface area contributed by atoms with Crippen molar-refractivity contribution in [2.75, 3.05) is 19.7 Å². The van der Waals surface area contributed by atoms with E-state index >= 15 is 0 Å². The minimum atomic E-state index is -0.268. The number of nitrogens with zero attached hydrogens (tertiary/aromatic N) is 4. The third-order valence-corrected chi connectivity index (χ3v) is 7.44. The lowest BCUT2D eigenvalue weighted by Gasteiger charge is -2.35. The number of ether oxygens (including phenoxy) is 1. The highest BCUT2D eigenvalue weighted by Crippen LogP contribution is 2.40. The van der Waals surface area contributed by atoms with Gasteiger partial charge in [0.15, 0.2) is 12.3 Å². The van der Waals surface area contributed by atoms with Crippen LogP contribution in [-0.4, -0.2) is 51.0 Å². The second kappa shape index (κ2) is 9.24. The van der Waals surface area contributed by atoms with E-state index in [0.717, 1.165) is 60.4 Å². The largest absolute Gasteiger partial charge is 0.483 e. The summed E-state index contributed by atoms with van der Waals surface area (Å²) in [6.45, 7) is 2.79. The standard InChI is InChI=1S/C27H28ClN5O3/c1-16-9-10-29-26(34)15-36-24-8-7-18(28)12-19(24)27(35)32-11-3-2-4-22(32)21-14-25-30-20(17-5-6-17)13-23(16)33(25)31-21/h7-9,12-14,17,22H,2-6,10-11,15H2,1H3,(H,29,34)/b16-9+. The van der Waals surface area contributed by atoms with Crippen LogP contribution < -0.4 is 10.1 Å². The number of hydrogen-bond acceptors (Lipinski definition) is 5. The summed E-state index contributed by atoms with van der Waals surface area (Å²) < 4.78 is 7.67. The number of benzene rings is 1. The molecule has 2 aliphatic heterocycles. The predicted molar refractivity (Wildman–Crippen MR) is 136 cm³/mol. The fourth-order valence-corrected chi connectivity index (χ4v) is 5.26. The molecular weight excluding hydrogens is 478 g/mol. The van der Waals surface area contributed by atoms with Crippen molar-refractivity contribution < 1.29 is 14.3 Å². The van der Waals surface area contributed by atoms with E-state index in [4.69, 9.17) is 26.4 Å². The molecular formula is C27H28ClN5O3. The number of fused-ring (bicyclic) bond motifs is 4. The summed E-state index contributed by atoms with van der Waals surface area (Å²) in [6.07, 6.45) is 7.01. The van der Waals surface area contributed by atoms with Crippen LogP contribution in [0.1, 0.15) is 78.4 Å². The van der Waals surface area contributed by atoms with Crippen LogP contribution in [0.5, 0.6) is 5.75 Å². The monoisotopic (exact) mass is 505 g/mol. The predicted octanol–water partition coefficient (Wildman–Crippen LogP) is 4.54. The lowest BCUT2D eigenvalue weighted by atomic mass is 9.98. The van der Waals surface area contributed by atoms with Gasteiger partial charge in [0.1, 0.15) is 5.75 Å². The van der Waals surface area contributed by atoms with Crippen LogP contribution in [0.3, 0.4) is 0 Å². The van der Waals surface area contributed by atoms with Crippen molar-refractivity contribution in [2.45, 2.75) is 51.0 Å². The molecule has 1 unspecified atom stereocenters. The molecule has 1 saturated carbocycles. The number of carbonyl (C=O) groups excluding carboxylic acids is 2. The van der Waals surface area contributed by atoms with Gasteiger partial charge in [0.25, 0.3) is 11.8 Å². The van der Waals surface area contributed by atoms with Gasteiger partial charge in [-0.25, -0.2) is 9.50 Å². The van der Waals surface area contributed by atoms with Gasteiger partial charge in [0, 0.05) is 35.8 Å². The highest BCUT2D eigenvalue weighted by Gasteiger charge is 2.33. The Morgan fingerprint density at radius 1 is 1.08 bits per heavy atom. The maximum Gasteiger partial charge on any atom is 0.258 e. The Morgan fingerprint density at radius 3 is 2.78 bits per heavy atom. The number of piperidine rings is 1. The first-order valence-electron chi connectivity index (χ1n) is 12.6. The van der Waals surface area contributed by atoms with Crippen molar-refractivity contribution in [3.63, 3.8) is 0 Å². The van der Waals surface area contributed by atoms with Gasteiger partial charge in [-0.05, 0) is 68.9 Å².